The zero-order chi connectivity index (χ0) is 14.8. The lowest BCUT2D eigenvalue weighted by molar-refractivity contribution is -0.0537. The summed E-state index contributed by atoms with van der Waals surface area (Å²) in [5.74, 6) is 2.67. The van der Waals surface area contributed by atoms with Crippen molar-refractivity contribution in [3.8, 4) is 12.3 Å². The molecular weight excluding hydrogens is 254 g/mol. The largest absolute Gasteiger partial charge is 0.444 e. The number of rotatable bonds is 2. The Hall–Kier alpha value is -1.47. The van der Waals surface area contributed by atoms with Crippen molar-refractivity contribution >= 4 is 6.09 Å². The van der Waals surface area contributed by atoms with E-state index in [-0.39, 0.29) is 18.2 Å². The minimum Gasteiger partial charge on any atom is -0.444 e. The number of hydrogen-bond donors (Lipinski definition) is 0. The fraction of sp³-hybridized carbons (Fsp3) is 0.688. The Balaban J connectivity index is 2.10. The van der Waals surface area contributed by atoms with E-state index in [1.54, 1.807) is 0 Å². The first-order chi connectivity index (χ1) is 9.40. The highest BCUT2D eigenvalue weighted by molar-refractivity contribution is 5.70. The molecule has 0 aliphatic carbocycles. The molecule has 1 amide bonds. The van der Waals surface area contributed by atoms with Crippen LogP contribution in [0.25, 0.3) is 0 Å². The van der Waals surface area contributed by atoms with E-state index in [4.69, 9.17) is 15.9 Å². The minimum atomic E-state index is -0.473. The molecule has 1 fully saturated rings. The Morgan fingerprint density at radius 3 is 2.90 bits per heavy atom. The number of hydrogen-bond acceptors (Lipinski definition) is 3. The first kappa shape index (κ1) is 14.9. The van der Waals surface area contributed by atoms with Gasteiger partial charge >= 0.3 is 6.09 Å². The van der Waals surface area contributed by atoms with Crippen LogP contribution in [0.1, 0.15) is 40.0 Å². The first-order valence-electron chi connectivity index (χ1n) is 7.13. The quantitative estimate of drug-likeness (QED) is 0.575. The molecule has 0 saturated carbocycles. The van der Waals surface area contributed by atoms with Crippen LogP contribution < -0.4 is 0 Å². The lowest BCUT2D eigenvalue weighted by atomic mass is 9.92. The smallest absolute Gasteiger partial charge is 0.411 e. The van der Waals surface area contributed by atoms with Crippen LogP contribution in [0.2, 0.25) is 0 Å². The first-order valence-corrected chi connectivity index (χ1v) is 7.13. The van der Waals surface area contributed by atoms with Gasteiger partial charge in [0.15, 0.2) is 0 Å². The highest BCUT2D eigenvalue weighted by Gasteiger charge is 2.39. The van der Waals surface area contributed by atoms with Crippen molar-refractivity contribution in [1.82, 2.24) is 4.90 Å². The molecule has 1 saturated heterocycles. The third kappa shape index (κ3) is 3.55. The maximum Gasteiger partial charge on any atom is 0.411 e. The van der Waals surface area contributed by atoms with Gasteiger partial charge in [-0.3, -0.25) is 4.90 Å². The number of fused-ring (bicyclic) bond motifs is 2. The summed E-state index contributed by atoms with van der Waals surface area (Å²) in [4.78, 5) is 14.2. The van der Waals surface area contributed by atoms with Gasteiger partial charge in [0.2, 0.25) is 0 Å². The van der Waals surface area contributed by atoms with Gasteiger partial charge in [0.05, 0.1) is 25.3 Å². The molecule has 20 heavy (non-hydrogen) atoms. The van der Waals surface area contributed by atoms with E-state index in [9.17, 15) is 4.79 Å². The van der Waals surface area contributed by atoms with E-state index in [2.05, 4.69) is 12.0 Å². The molecule has 0 radical (unpaired) electrons. The zero-order valence-corrected chi connectivity index (χ0v) is 12.5. The SMILES string of the molecule is C#CCCC1=CC2COCC(C1)N2C(=O)OC(C)(C)C. The van der Waals surface area contributed by atoms with Crippen LogP contribution in [-0.4, -0.2) is 41.9 Å². The van der Waals surface area contributed by atoms with Crippen LogP contribution in [0.4, 0.5) is 4.79 Å². The highest BCUT2D eigenvalue weighted by Crippen LogP contribution is 2.30. The molecule has 2 rings (SSSR count). The molecule has 0 aromatic rings. The van der Waals surface area contributed by atoms with E-state index in [1.807, 2.05) is 25.7 Å². The number of ether oxygens (including phenoxy) is 2. The molecular formula is C16H23NO3. The molecule has 110 valence electrons. The average Bonchev–Trinajstić information content (AvgIpc) is 2.32. The molecule has 0 spiro atoms. The molecule has 2 aliphatic rings. The van der Waals surface area contributed by atoms with Gasteiger partial charge in [-0.1, -0.05) is 11.6 Å². The van der Waals surface area contributed by atoms with E-state index in [1.165, 1.54) is 5.57 Å². The summed E-state index contributed by atoms with van der Waals surface area (Å²) in [5, 5.41) is 0. The minimum absolute atomic E-state index is 0.0230. The summed E-state index contributed by atoms with van der Waals surface area (Å²) in [6, 6.07) is 0.0477. The van der Waals surface area contributed by atoms with E-state index >= 15 is 0 Å². The molecule has 2 atom stereocenters. The van der Waals surface area contributed by atoms with Crippen molar-refractivity contribution in [2.24, 2.45) is 0 Å². The predicted octanol–water partition coefficient (Wildman–Crippen LogP) is 2.73. The topological polar surface area (TPSA) is 38.8 Å². The third-order valence-electron chi connectivity index (χ3n) is 3.47. The molecule has 0 N–H and O–H groups in total. The lowest BCUT2D eigenvalue weighted by Crippen LogP contribution is -2.57. The number of morpholine rings is 1. The molecule has 2 unspecified atom stereocenters. The maximum atomic E-state index is 12.3. The molecule has 0 aromatic carbocycles. The highest BCUT2D eigenvalue weighted by atomic mass is 16.6. The van der Waals surface area contributed by atoms with Crippen molar-refractivity contribution in [3.05, 3.63) is 11.6 Å². The van der Waals surface area contributed by atoms with Crippen LogP contribution in [0.15, 0.2) is 11.6 Å². The van der Waals surface area contributed by atoms with Crippen LogP contribution in [0.5, 0.6) is 0 Å². The number of terminal acetylenes is 1. The summed E-state index contributed by atoms with van der Waals surface area (Å²) >= 11 is 0. The Morgan fingerprint density at radius 2 is 2.30 bits per heavy atom. The van der Waals surface area contributed by atoms with Gasteiger partial charge in [-0.05, 0) is 33.6 Å². The van der Waals surface area contributed by atoms with Gasteiger partial charge in [0.25, 0.3) is 0 Å². The van der Waals surface area contributed by atoms with E-state index in [0.29, 0.717) is 13.2 Å². The van der Waals surface area contributed by atoms with Gasteiger partial charge in [0.1, 0.15) is 5.60 Å². The Kier molecular flexibility index (Phi) is 4.39. The lowest BCUT2D eigenvalue weighted by Gasteiger charge is -2.44. The van der Waals surface area contributed by atoms with Gasteiger partial charge in [-0.15, -0.1) is 12.3 Å². The molecule has 4 nitrogen and oxygen atoms in total. The number of carbonyl (C=O) groups is 1. The Morgan fingerprint density at radius 1 is 1.55 bits per heavy atom. The average molecular weight is 277 g/mol. The fourth-order valence-corrected chi connectivity index (χ4v) is 2.70. The number of carbonyl (C=O) groups excluding carboxylic acids is 1. The Labute approximate surface area is 121 Å². The second-order valence-corrected chi connectivity index (χ2v) is 6.38. The number of nitrogens with zero attached hydrogens (tertiary/aromatic N) is 1. The fourth-order valence-electron chi connectivity index (χ4n) is 2.70. The van der Waals surface area contributed by atoms with Crippen LogP contribution in [0.3, 0.4) is 0 Å². The van der Waals surface area contributed by atoms with Crippen molar-refractivity contribution in [2.45, 2.75) is 57.7 Å². The summed E-state index contributed by atoms with van der Waals surface area (Å²) in [5.41, 5.74) is 0.862. The summed E-state index contributed by atoms with van der Waals surface area (Å²) in [6.45, 7) is 6.76. The third-order valence-corrected chi connectivity index (χ3v) is 3.47. The van der Waals surface area contributed by atoms with E-state index < -0.39 is 5.60 Å². The van der Waals surface area contributed by atoms with E-state index in [0.717, 1.165) is 19.3 Å². The van der Waals surface area contributed by atoms with Gasteiger partial charge in [0, 0.05) is 6.42 Å². The van der Waals surface area contributed by atoms with Crippen molar-refractivity contribution in [1.29, 1.82) is 0 Å². The van der Waals surface area contributed by atoms with Gasteiger partial charge in [-0.2, -0.15) is 0 Å². The molecule has 0 aromatic heterocycles. The van der Waals surface area contributed by atoms with Crippen molar-refractivity contribution in [3.63, 3.8) is 0 Å². The van der Waals surface area contributed by atoms with Crippen molar-refractivity contribution < 1.29 is 14.3 Å². The van der Waals surface area contributed by atoms with Crippen LogP contribution in [-0.2, 0) is 9.47 Å². The monoisotopic (exact) mass is 277 g/mol. The second kappa shape index (κ2) is 5.88. The molecule has 2 bridgehead atoms. The number of amides is 1. The maximum absolute atomic E-state index is 12.3. The normalized spacial score (nSPS) is 25.7. The predicted molar refractivity (Wildman–Crippen MR) is 77.2 cm³/mol. The zero-order valence-electron chi connectivity index (χ0n) is 12.5. The standard InChI is InChI=1S/C16H23NO3/c1-5-6-7-12-8-13-10-19-11-14(9-12)17(13)15(18)20-16(2,3)4/h1,8,13-14H,6-7,9-11H2,2-4H3. The van der Waals surface area contributed by atoms with Crippen molar-refractivity contribution in [2.75, 3.05) is 13.2 Å². The molecule has 2 heterocycles. The van der Waals surface area contributed by atoms with Gasteiger partial charge in [-0.25, -0.2) is 4.79 Å². The summed E-state index contributed by atoms with van der Waals surface area (Å²) < 4.78 is 11.1. The summed E-state index contributed by atoms with van der Waals surface area (Å²) in [6.07, 6.45) is 9.68. The van der Waals surface area contributed by atoms with Gasteiger partial charge < -0.3 is 9.47 Å². The van der Waals surface area contributed by atoms with Crippen LogP contribution in [0, 0.1) is 12.3 Å². The summed E-state index contributed by atoms with van der Waals surface area (Å²) in [7, 11) is 0. The van der Waals surface area contributed by atoms with Crippen LogP contribution >= 0.6 is 0 Å². The Bertz CT molecular complexity index is 442. The molecule has 4 heteroatoms. The second-order valence-electron chi connectivity index (χ2n) is 6.38. The molecule has 2 aliphatic heterocycles.